The first-order valence-electron chi connectivity index (χ1n) is 2.73. The van der Waals surface area contributed by atoms with Crippen LogP contribution in [0.1, 0.15) is 12.8 Å². The summed E-state index contributed by atoms with van der Waals surface area (Å²) in [6.07, 6.45) is 1.98. The standard InChI is InChI=1S/C5H8ClNO.Sn/c6-5(8)4-2-1-3-7-4;/h4,7H,1-3H2;/t4-;/m0./s1. The van der Waals surface area contributed by atoms with E-state index in [9.17, 15) is 4.79 Å². The summed E-state index contributed by atoms with van der Waals surface area (Å²) in [4.78, 5) is 10.3. The molecule has 2 nitrogen and oxygen atoms in total. The minimum absolute atomic E-state index is 0. The monoisotopic (exact) mass is 253 g/mol. The number of carbonyl (C=O) groups excluding carboxylic acids is 1. The number of carbonyl (C=O) groups is 1. The van der Waals surface area contributed by atoms with Crippen molar-refractivity contribution in [2.75, 3.05) is 6.54 Å². The van der Waals surface area contributed by atoms with Crippen LogP contribution < -0.4 is 5.32 Å². The second-order valence-corrected chi connectivity index (χ2v) is 2.33. The predicted molar refractivity (Wildman–Crippen MR) is 37.6 cm³/mol. The molecule has 1 heterocycles. The van der Waals surface area contributed by atoms with E-state index in [0.717, 1.165) is 19.4 Å². The third kappa shape index (κ3) is 2.87. The van der Waals surface area contributed by atoms with Crippen LogP contribution in [0.5, 0.6) is 0 Å². The van der Waals surface area contributed by atoms with Crippen molar-refractivity contribution in [3.05, 3.63) is 0 Å². The fourth-order valence-corrected chi connectivity index (χ4v) is 1.06. The minimum atomic E-state index is -0.248. The van der Waals surface area contributed by atoms with Crippen molar-refractivity contribution in [1.82, 2.24) is 5.32 Å². The summed E-state index contributed by atoms with van der Waals surface area (Å²) in [5.41, 5.74) is 0. The molecule has 0 aromatic carbocycles. The van der Waals surface area contributed by atoms with Gasteiger partial charge in [0.15, 0.2) is 0 Å². The number of halogens is 1. The summed E-state index contributed by atoms with van der Waals surface area (Å²) in [7, 11) is 0. The number of nitrogens with one attached hydrogen (secondary N) is 1. The number of hydrogen-bond donors (Lipinski definition) is 1. The first kappa shape index (κ1) is 9.72. The summed E-state index contributed by atoms with van der Waals surface area (Å²) >= 11 is 5.18. The molecule has 1 saturated heterocycles. The van der Waals surface area contributed by atoms with E-state index >= 15 is 0 Å². The van der Waals surface area contributed by atoms with Gasteiger partial charge in [-0.2, -0.15) is 0 Å². The largest absolute Gasteiger partial charge is 0.306 e. The summed E-state index contributed by atoms with van der Waals surface area (Å²) < 4.78 is 0. The van der Waals surface area contributed by atoms with E-state index in [2.05, 4.69) is 5.32 Å². The molecule has 0 aromatic heterocycles. The third-order valence-corrected chi connectivity index (χ3v) is 1.60. The molecule has 4 heteroatoms. The van der Waals surface area contributed by atoms with Crippen molar-refractivity contribution in [3.63, 3.8) is 0 Å². The van der Waals surface area contributed by atoms with Gasteiger partial charge in [0.2, 0.25) is 5.24 Å². The average molecular weight is 252 g/mol. The molecule has 0 amide bonds. The topological polar surface area (TPSA) is 29.1 Å². The number of hydrogen-bond acceptors (Lipinski definition) is 2. The maximum atomic E-state index is 10.3. The van der Waals surface area contributed by atoms with Crippen LogP contribution in [0.2, 0.25) is 0 Å². The summed E-state index contributed by atoms with van der Waals surface area (Å²) in [6.45, 7) is 0.934. The molecule has 1 N–H and O–H groups in total. The molecule has 1 aliphatic rings. The van der Waals surface area contributed by atoms with Crippen molar-refractivity contribution in [2.24, 2.45) is 0 Å². The second-order valence-electron chi connectivity index (χ2n) is 1.95. The quantitative estimate of drug-likeness (QED) is 0.530. The second kappa shape index (κ2) is 4.52. The molecule has 0 aliphatic carbocycles. The molecule has 0 aromatic rings. The van der Waals surface area contributed by atoms with Gasteiger partial charge in [0, 0.05) is 23.9 Å². The average Bonchev–Trinajstić information content (AvgIpc) is 2.12. The summed E-state index contributed by atoms with van der Waals surface area (Å²) in [5.74, 6) is 0. The summed E-state index contributed by atoms with van der Waals surface area (Å²) in [5, 5.41) is 2.73. The van der Waals surface area contributed by atoms with Gasteiger partial charge in [-0.05, 0) is 31.0 Å². The molecule has 1 rings (SSSR count). The molecular weight excluding hydrogens is 244 g/mol. The normalized spacial score (nSPS) is 25.2. The Labute approximate surface area is 76.3 Å². The molecule has 0 unspecified atom stereocenters. The van der Waals surface area contributed by atoms with Crippen molar-refractivity contribution >= 4 is 40.8 Å². The molecule has 1 fully saturated rings. The van der Waals surface area contributed by atoms with E-state index in [1.165, 1.54) is 0 Å². The zero-order chi connectivity index (χ0) is 5.98. The van der Waals surface area contributed by atoms with Crippen molar-refractivity contribution in [2.45, 2.75) is 18.9 Å². The van der Waals surface area contributed by atoms with E-state index < -0.39 is 0 Å². The van der Waals surface area contributed by atoms with Gasteiger partial charge in [0.25, 0.3) is 0 Å². The van der Waals surface area contributed by atoms with Crippen LogP contribution >= 0.6 is 11.6 Å². The molecule has 50 valence electrons. The fourth-order valence-electron chi connectivity index (χ4n) is 0.878. The van der Waals surface area contributed by atoms with Crippen molar-refractivity contribution in [1.29, 1.82) is 0 Å². The molecule has 0 bridgehead atoms. The third-order valence-electron chi connectivity index (χ3n) is 1.33. The molecule has 9 heavy (non-hydrogen) atoms. The smallest absolute Gasteiger partial charge is 0.238 e. The van der Waals surface area contributed by atoms with Crippen LogP contribution in [0.3, 0.4) is 0 Å². The van der Waals surface area contributed by atoms with Crippen LogP contribution in [0.4, 0.5) is 0 Å². The van der Waals surface area contributed by atoms with Crippen LogP contribution in [0.15, 0.2) is 0 Å². The molecule has 4 radical (unpaired) electrons. The maximum absolute atomic E-state index is 10.3. The van der Waals surface area contributed by atoms with Crippen LogP contribution in [0.25, 0.3) is 0 Å². The first-order chi connectivity index (χ1) is 3.80. The molecular formula is C5H8ClNOSn. The van der Waals surface area contributed by atoms with Gasteiger partial charge >= 0.3 is 0 Å². The van der Waals surface area contributed by atoms with E-state index in [0.29, 0.717) is 0 Å². The van der Waals surface area contributed by atoms with Gasteiger partial charge in [-0.25, -0.2) is 0 Å². The van der Waals surface area contributed by atoms with Crippen molar-refractivity contribution < 1.29 is 4.79 Å². The van der Waals surface area contributed by atoms with Gasteiger partial charge < -0.3 is 5.32 Å². The van der Waals surface area contributed by atoms with Gasteiger partial charge in [-0.15, -0.1) is 0 Å². The maximum Gasteiger partial charge on any atom is 0.238 e. The first-order valence-corrected chi connectivity index (χ1v) is 3.11. The van der Waals surface area contributed by atoms with E-state index in [-0.39, 0.29) is 35.2 Å². The van der Waals surface area contributed by atoms with Gasteiger partial charge in [0.1, 0.15) is 0 Å². The molecule has 1 atom stereocenters. The Morgan fingerprint density at radius 1 is 1.67 bits per heavy atom. The van der Waals surface area contributed by atoms with Crippen LogP contribution in [-0.4, -0.2) is 41.7 Å². The Morgan fingerprint density at radius 2 is 2.33 bits per heavy atom. The Kier molecular flexibility index (Phi) is 4.88. The zero-order valence-electron chi connectivity index (χ0n) is 4.98. The Balaban J connectivity index is 0.000000640. The fraction of sp³-hybridized carbons (Fsp3) is 0.800. The van der Waals surface area contributed by atoms with Gasteiger partial charge in [-0.1, -0.05) is 0 Å². The Morgan fingerprint density at radius 3 is 2.56 bits per heavy atom. The minimum Gasteiger partial charge on any atom is -0.306 e. The van der Waals surface area contributed by atoms with Crippen LogP contribution in [-0.2, 0) is 4.79 Å². The van der Waals surface area contributed by atoms with E-state index in [1.807, 2.05) is 0 Å². The Bertz CT molecular complexity index is 103. The van der Waals surface area contributed by atoms with Gasteiger partial charge in [0.05, 0.1) is 6.04 Å². The molecule has 0 spiro atoms. The van der Waals surface area contributed by atoms with Crippen molar-refractivity contribution in [3.8, 4) is 0 Å². The summed E-state index contributed by atoms with van der Waals surface area (Å²) in [6, 6.07) is -0.0586. The number of rotatable bonds is 1. The molecule has 0 saturated carbocycles. The van der Waals surface area contributed by atoms with Crippen LogP contribution in [0, 0.1) is 0 Å². The van der Waals surface area contributed by atoms with E-state index in [1.54, 1.807) is 0 Å². The predicted octanol–water partition coefficient (Wildman–Crippen LogP) is 0.123. The zero-order valence-corrected chi connectivity index (χ0v) is 8.59. The SMILES string of the molecule is O=C(Cl)[C@@H]1CCCN1.[Sn]. The molecule has 1 aliphatic heterocycles. The van der Waals surface area contributed by atoms with E-state index in [4.69, 9.17) is 11.6 Å². The Hall–Kier alpha value is 0.719. The van der Waals surface area contributed by atoms with Gasteiger partial charge in [-0.3, -0.25) is 4.79 Å².